The van der Waals surface area contributed by atoms with E-state index in [0.717, 1.165) is 25.9 Å². The summed E-state index contributed by atoms with van der Waals surface area (Å²) in [4.78, 5) is 0. The molecule has 1 aromatic heterocycles. The second-order valence-corrected chi connectivity index (χ2v) is 5.50. The zero-order valence-electron chi connectivity index (χ0n) is 12.0. The first-order chi connectivity index (χ1) is 9.92. The predicted octanol–water partition coefficient (Wildman–Crippen LogP) is 3.22. The van der Waals surface area contributed by atoms with Crippen molar-refractivity contribution in [2.75, 3.05) is 18.6 Å². The third-order valence-electron chi connectivity index (χ3n) is 3.95. The molecule has 1 saturated heterocycles. The van der Waals surface area contributed by atoms with Gasteiger partial charge >= 0.3 is 0 Å². The van der Waals surface area contributed by atoms with Gasteiger partial charge in [0.25, 0.3) is 0 Å². The first kappa shape index (κ1) is 13.3. The lowest BCUT2D eigenvalue weighted by atomic mass is 10.1. The summed E-state index contributed by atoms with van der Waals surface area (Å²) in [6.45, 7) is 2.30. The topological polar surface area (TPSA) is 20.2 Å². The molecule has 3 heteroatoms. The summed E-state index contributed by atoms with van der Waals surface area (Å²) in [5, 5.41) is 2.33. The quantitative estimate of drug-likeness (QED) is 0.899. The van der Waals surface area contributed by atoms with Crippen molar-refractivity contribution in [3.8, 4) is 0 Å². The molecule has 1 aliphatic heterocycles. The molecule has 1 aromatic carbocycles. The van der Waals surface area contributed by atoms with E-state index < -0.39 is 0 Å². The Hall–Kier alpha value is -1.74. The summed E-state index contributed by atoms with van der Waals surface area (Å²) in [6, 6.07) is 15.0. The molecule has 1 fully saturated rings. The fourth-order valence-corrected chi connectivity index (χ4v) is 2.78. The average molecular weight is 269 g/mol. The summed E-state index contributed by atoms with van der Waals surface area (Å²) in [5.74, 6) is 0. The third-order valence-corrected chi connectivity index (χ3v) is 3.95. The standard InChI is InChI=1S/C17H23N3/c1-3-8-16(9-4-1)11-12-17-10-7-15-20(17)18-19-13-5-2-6-14-19/h1,3-4,7-10,15,18H,2,5-6,11-14H2. The van der Waals surface area contributed by atoms with Gasteiger partial charge in [0.15, 0.2) is 0 Å². The zero-order chi connectivity index (χ0) is 13.6. The van der Waals surface area contributed by atoms with Crippen LogP contribution in [0.2, 0.25) is 0 Å². The fraction of sp³-hybridized carbons (Fsp3) is 0.412. The van der Waals surface area contributed by atoms with Crippen molar-refractivity contribution in [1.82, 2.24) is 9.69 Å². The van der Waals surface area contributed by atoms with Gasteiger partial charge in [0.1, 0.15) is 0 Å². The minimum absolute atomic E-state index is 1.07. The van der Waals surface area contributed by atoms with E-state index in [0.29, 0.717) is 0 Å². The monoisotopic (exact) mass is 269 g/mol. The maximum Gasteiger partial charge on any atom is 0.0412 e. The summed E-state index contributed by atoms with van der Waals surface area (Å²) >= 11 is 0. The molecule has 0 radical (unpaired) electrons. The Kier molecular flexibility index (Phi) is 4.38. The number of hydrogen-bond donors (Lipinski definition) is 1. The molecule has 0 saturated carbocycles. The van der Waals surface area contributed by atoms with Gasteiger partial charge in [-0.3, -0.25) is 10.2 Å². The average Bonchev–Trinajstić information content (AvgIpc) is 2.94. The molecule has 2 aromatic rings. The molecule has 0 aliphatic carbocycles. The van der Waals surface area contributed by atoms with Gasteiger partial charge in [-0.05, 0) is 43.4 Å². The van der Waals surface area contributed by atoms with Crippen molar-refractivity contribution < 1.29 is 0 Å². The lowest BCUT2D eigenvalue weighted by molar-refractivity contribution is 0.241. The summed E-state index contributed by atoms with van der Waals surface area (Å²) < 4.78 is 2.17. The van der Waals surface area contributed by atoms with Crippen molar-refractivity contribution in [2.24, 2.45) is 0 Å². The summed E-state index contributed by atoms with van der Waals surface area (Å²) in [5.41, 5.74) is 6.26. The molecule has 1 N–H and O–H groups in total. The molecule has 0 bridgehead atoms. The van der Waals surface area contributed by atoms with Crippen LogP contribution < -0.4 is 5.53 Å². The first-order valence-electron chi connectivity index (χ1n) is 7.63. The van der Waals surface area contributed by atoms with Crippen LogP contribution in [-0.2, 0) is 12.8 Å². The van der Waals surface area contributed by atoms with Gasteiger partial charge in [0.05, 0.1) is 0 Å². The van der Waals surface area contributed by atoms with E-state index >= 15 is 0 Å². The second kappa shape index (κ2) is 6.62. The number of nitrogens with one attached hydrogen (secondary N) is 1. The van der Waals surface area contributed by atoms with Crippen molar-refractivity contribution in [3.63, 3.8) is 0 Å². The summed E-state index contributed by atoms with van der Waals surface area (Å²) in [6.07, 6.45) is 8.24. The first-order valence-corrected chi connectivity index (χ1v) is 7.63. The highest BCUT2D eigenvalue weighted by molar-refractivity contribution is 5.17. The lowest BCUT2D eigenvalue weighted by Gasteiger charge is -2.29. The Morgan fingerprint density at radius 1 is 0.850 bits per heavy atom. The normalized spacial score (nSPS) is 16.2. The van der Waals surface area contributed by atoms with Gasteiger partial charge in [-0.15, -0.1) is 0 Å². The van der Waals surface area contributed by atoms with Crippen LogP contribution in [0.25, 0.3) is 0 Å². The minimum Gasteiger partial charge on any atom is -0.258 e. The predicted molar refractivity (Wildman–Crippen MR) is 83.1 cm³/mol. The molecule has 2 heterocycles. The van der Waals surface area contributed by atoms with Crippen LogP contribution in [-0.4, -0.2) is 22.8 Å². The van der Waals surface area contributed by atoms with Gasteiger partial charge in [0.2, 0.25) is 0 Å². The highest BCUT2D eigenvalue weighted by Gasteiger charge is 2.10. The number of hydrazine groups is 1. The second-order valence-electron chi connectivity index (χ2n) is 5.50. The van der Waals surface area contributed by atoms with Crippen molar-refractivity contribution >= 4 is 0 Å². The minimum atomic E-state index is 1.07. The molecule has 0 spiro atoms. The van der Waals surface area contributed by atoms with Gasteiger partial charge in [-0.2, -0.15) is 0 Å². The van der Waals surface area contributed by atoms with E-state index in [1.54, 1.807) is 0 Å². The number of aryl methyl sites for hydroxylation is 2. The van der Waals surface area contributed by atoms with Gasteiger partial charge < -0.3 is 0 Å². The number of piperidine rings is 1. The van der Waals surface area contributed by atoms with E-state index in [4.69, 9.17) is 0 Å². The van der Waals surface area contributed by atoms with E-state index in [1.807, 2.05) is 0 Å². The molecule has 0 amide bonds. The number of rotatable bonds is 5. The number of benzene rings is 1. The molecule has 0 atom stereocenters. The number of hydrogen-bond acceptors (Lipinski definition) is 2. The van der Waals surface area contributed by atoms with E-state index in [9.17, 15) is 0 Å². The third kappa shape index (κ3) is 3.42. The summed E-state index contributed by atoms with van der Waals surface area (Å²) in [7, 11) is 0. The fourth-order valence-electron chi connectivity index (χ4n) is 2.78. The highest BCUT2D eigenvalue weighted by Crippen LogP contribution is 2.10. The lowest BCUT2D eigenvalue weighted by Crippen LogP contribution is -2.40. The van der Waals surface area contributed by atoms with Crippen molar-refractivity contribution in [1.29, 1.82) is 0 Å². The Bertz CT molecular complexity index is 512. The van der Waals surface area contributed by atoms with Crippen LogP contribution in [0.3, 0.4) is 0 Å². The Morgan fingerprint density at radius 2 is 1.65 bits per heavy atom. The molecule has 3 nitrogen and oxygen atoms in total. The van der Waals surface area contributed by atoms with Crippen molar-refractivity contribution in [2.45, 2.75) is 32.1 Å². The van der Waals surface area contributed by atoms with Crippen molar-refractivity contribution in [3.05, 3.63) is 59.9 Å². The molecule has 3 rings (SSSR count). The van der Waals surface area contributed by atoms with Crippen LogP contribution in [0.15, 0.2) is 48.7 Å². The largest absolute Gasteiger partial charge is 0.258 e. The molecule has 1 aliphatic rings. The van der Waals surface area contributed by atoms with Crippen LogP contribution >= 0.6 is 0 Å². The van der Waals surface area contributed by atoms with Crippen LogP contribution in [0.5, 0.6) is 0 Å². The number of nitrogens with zero attached hydrogens (tertiary/aromatic N) is 2. The molecular formula is C17H23N3. The Morgan fingerprint density at radius 3 is 2.45 bits per heavy atom. The molecule has 106 valence electrons. The van der Waals surface area contributed by atoms with Gasteiger partial charge in [0, 0.05) is 25.0 Å². The van der Waals surface area contributed by atoms with Gasteiger partial charge in [-0.25, -0.2) is 5.01 Å². The SMILES string of the molecule is c1ccc(CCc2cccn2NN2CCCCC2)cc1. The van der Waals surface area contributed by atoms with Gasteiger partial charge in [-0.1, -0.05) is 36.8 Å². The Balaban J connectivity index is 1.58. The molecule has 20 heavy (non-hydrogen) atoms. The maximum atomic E-state index is 3.52. The van der Waals surface area contributed by atoms with Crippen LogP contribution in [0.4, 0.5) is 0 Å². The van der Waals surface area contributed by atoms with E-state index in [1.165, 1.54) is 30.5 Å². The smallest absolute Gasteiger partial charge is 0.0412 e. The van der Waals surface area contributed by atoms with E-state index in [-0.39, 0.29) is 0 Å². The zero-order valence-corrected chi connectivity index (χ0v) is 12.0. The maximum absolute atomic E-state index is 3.52. The molecule has 0 unspecified atom stereocenters. The molecular weight excluding hydrogens is 246 g/mol. The Labute approximate surface area is 121 Å². The van der Waals surface area contributed by atoms with Crippen LogP contribution in [0, 0.1) is 0 Å². The number of aromatic nitrogens is 1. The van der Waals surface area contributed by atoms with Crippen LogP contribution in [0.1, 0.15) is 30.5 Å². The highest BCUT2D eigenvalue weighted by atomic mass is 15.7. The van der Waals surface area contributed by atoms with E-state index in [2.05, 4.69) is 63.9 Å².